The van der Waals surface area contributed by atoms with E-state index in [1.54, 1.807) is 42.5 Å². The first-order chi connectivity index (χ1) is 19.4. The van der Waals surface area contributed by atoms with Crippen LogP contribution in [-0.2, 0) is 32.6 Å². The number of halogens is 2. The molecule has 10 heteroatoms. The average Bonchev–Trinajstić information content (AvgIpc) is 2.93. The summed E-state index contributed by atoms with van der Waals surface area (Å²) in [5, 5.41) is 3.57. The predicted molar refractivity (Wildman–Crippen MR) is 166 cm³/mol. The lowest BCUT2D eigenvalue weighted by atomic mass is 10.1. The Kier molecular flexibility index (Phi) is 11.2. The number of aryl methyl sites for hydroxylation is 2. The lowest BCUT2D eigenvalue weighted by Crippen LogP contribution is -2.53. The third-order valence-corrected chi connectivity index (χ3v) is 9.20. The van der Waals surface area contributed by atoms with Crippen LogP contribution in [0.4, 0.5) is 5.69 Å². The van der Waals surface area contributed by atoms with Gasteiger partial charge in [-0.25, -0.2) is 8.42 Å². The Morgan fingerprint density at radius 3 is 2.17 bits per heavy atom. The first-order valence-corrected chi connectivity index (χ1v) is 15.8. The quantitative estimate of drug-likeness (QED) is 0.255. The van der Waals surface area contributed by atoms with Crippen LogP contribution in [0.5, 0.6) is 0 Å². The van der Waals surface area contributed by atoms with E-state index in [9.17, 15) is 18.0 Å². The van der Waals surface area contributed by atoms with E-state index in [2.05, 4.69) is 5.32 Å². The maximum atomic E-state index is 14.2. The van der Waals surface area contributed by atoms with Crippen molar-refractivity contribution in [3.63, 3.8) is 0 Å². The molecule has 0 saturated carbocycles. The normalized spacial score (nSPS) is 12.2. The van der Waals surface area contributed by atoms with Crippen LogP contribution >= 0.6 is 23.2 Å². The lowest BCUT2D eigenvalue weighted by molar-refractivity contribution is -0.140. The molecular formula is C31H37Cl2N3O4S. The van der Waals surface area contributed by atoms with E-state index in [-0.39, 0.29) is 23.4 Å². The number of nitrogens with one attached hydrogen (secondary N) is 1. The number of amides is 2. The van der Waals surface area contributed by atoms with Gasteiger partial charge in [0.25, 0.3) is 10.0 Å². The molecule has 0 aliphatic rings. The lowest BCUT2D eigenvalue weighted by Gasteiger charge is -2.34. The summed E-state index contributed by atoms with van der Waals surface area (Å²) >= 11 is 12.4. The Morgan fingerprint density at radius 2 is 1.59 bits per heavy atom. The molecule has 0 aliphatic carbocycles. The van der Waals surface area contributed by atoms with Gasteiger partial charge < -0.3 is 10.2 Å². The summed E-state index contributed by atoms with van der Waals surface area (Å²) in [7, 11) is -4.14. The number of nitrogens with zero attached hydrogens (tertiary/aromatic N) is 2. The van der Waals surface area contributed by atoms with Gasteiger partial charge in [0.05, 0.1) is 20.6 Å². The molecule has 0 bridgehead atoms. The van der Waals surface area contributed by atoms with Gasteiger partial charge in [-0.1, -0.05) is 79.0 Å². The summed E-state index contributed by atoms with van der Waals surface area (Å²) in [5.41, 5.74) is 2.76. The van der Waals surface area contributed by atoms with Crippen molar-refractivity contribution >= 4 is 50.7 Å². The molecule has 2 amide bonds. The van der Waals surface area contributed by atoms with E-state index >= 15 is 0 Å². The molecule has 7 nitrogen and oxygen atoms in total. The van der Waals surface area contributed by atoms with Crippen molar-refractivity contribution in [3.8, 4) is 0 Å². The zero-order valence-corrected chi connectivity index (χ0v) is 26.4. The topological polar surface area (TPSA) is 86.8 Å². The largest absolute Gasteiger partial charge is 0.352 e. The second kappa shape index (κ2) is 14.2. The average molecular weight is 619 g/mol. The minimum absolute atomic E-state index is 0.0353. The number of para-hydroxylation sites is 1. The first-order valence-electron chi connectivity index (χ1n) is 13.6. The van der Waals surface area contributed by atoms with Gasteiger partial charge in [0.2, 0.25) is 11.8 Å². The number of rotatable bonds is 12. The van der Waals surface area contributed by atoms with Crippen molar-refractivity contribution in [1.29, 1.82) is 0 Å². The van der Waals surface area contributed by atoms with Gasteiger partial charge in [0.15, 0.2) is 0 Å². The van der Waals surface area contributed by atoms with Crippen LogP contribution in [0, 0.1) is 6.92 Å². The van der Waals surface area contributed by atoms with E-state index in [1.165, 1.54) is 17.0 Å². The van der Waals surface area contributed by atoms with Gasteiger partial charge in [-0.2, -0.15) is 0 Å². The molecule has 3 aromatic carbocycles. The molecule has 220 valence electrons. The molecular weight excluding hydrogens is 581 g/mol. The number of carbonyl (C=O) groups excluding carboxylic acids is 2. The molecule has 0 heterocycles. The molecule has 0 fully saturated rings. The maximum absolute atomic E-state index is 14.2. The SMILES string of the molecule is CCc1ccccc1N(CC(=O)N(Cc1ccc(Cl)c(Cl)c1)[C@H](CC)C(=O)NC(C)C)S(=O)(=O)c1ccc(C)cc1. The molecule has 0 radical (unpaired) electrons. The number of benzene rings is 3. The van der Waals surface area contributed by atoms with Crippen LogP contribution in [0.1, 0.15) is 50.8 Å². The van der Waals surface area contributed by atoms with Crippen LogP contribution in [0.25, 0.3) is 0 Å². The minimum Gasteiger partial charge on any atom is -0.352 e. The zero-order valence-electron chi connectivity index (χ0n) is 24.0. The van der Waals surface area contributed by atoms with Crippen molar-refractivity contribution in [2.45, 2.75) is 71.0 Å². The van der Waals surface area contributed by atoms with Gasteiger partial charge >= 0.3 is 0 Å². The Bertz CT molecular complexity index is 1480. The second-order valence-corrected chi connectivity index (χ2v) is 12.8. The third kappa shape index (κ3) is 8.03. The van der Waals surface area contributed by atoms with Crippen LogP contribution in [0.3, 0.4) is 0 Å². The van der Waals surface area contributed by atoms with Crippen molar-refractivity contribution in [1.82, 2.24) is 10.2 Å². The fraction of sp³-hybridized carbons (Fsp3) is 0.355. The molecule has 41 heavy (non-hydrogen) atoms. The highest BCUT2D eigenvalue weighted by molar-refractivity contribution is 7.92. The summed E-state index contributed by atoms with van der Waals surface area (Å²) in [6.45, 7) is 8.83. The molecule has 0 saturated heterocycles. The molecule has 0 aromatic heterocycles. The fourth-order valence-electron chi connectivity index (χ4n) is 4.54. The Morgan fingerprint density at radius 1 is 0.927 bits per heavy atom. The number of hydrogen-bond donors (Lipinski definition) is 1. The van der Waals surface area contributed by atoms with E-state index in [0.29, 0.717) is 34.1 Å². The Balaban J connectivity index is 2.11. The monoisotopic (exact) mass is 617 g/mol. The number of sulfonamides is 1. The number of hydrogen-bond acceptors (Lipinski definition) is 4. The fourth-order valence-corrected chi connectivity index (χ4v) is 6.31. The molecule has 1 atom stereocenters. The zero-order chi connectivity index (χ0) is 30.3. The Hall–Kier alpha value is -3.07. The van der Waals surface area contributed by atoms with Crippen molar-refractivity contribution in [2.24, 2.45) is 0 Å². The predicted octanol–water partition coefficient (Wildman–Crippen LogP) is 6.39. The van der Waals surface area contributed by atoms with Crippen LogP contribution in [0.15, 0.2) is 71.6 Å². The third-order valence-electron chi connectivity index (χ3n) is 6.68. The van der Waals surface area contributed by atoms with E-state index in [4.69, 9.17) is 23.2 Å². The smallest absolute Gasteiger partial charge is 0.264 e. The number of anilines is 1. The minimum atomic E-state index is -4.14. The van der Waals surface area contributed by atoms with Crippen LogP contribution in [-0.4, -0.2) is 43.8 Å². The summed E-state index contributed by atoms with van der Waals surface area (Å²) in [5.74, 6) is -0.846. The molecule has 1 N–H and O–H groups in total. The highest BCUT2D eigenvalue weighted by atomic mass is 35.5. The van der Waals surface area contributed by atoms with Crippen molar-refractivity contribution < 1.29 is 18.0 Å². The van der Waals surface area contributed by atoms with E-state index in [0.717, 1.165) is 15.4 Å². The van der Waals surface area contributed by atoms with Gasteiger partial charge in [0.1, 0.15) is 12.6 Å². The summed E-state index contributed by atoms with van der Waals surface area (Å²) in [6.07, 6.45) is 0.882. The summed E-state index contributed by atoms with van der Waals surface area (Å²) < 4.78 is 29.3. The Labute approximate surface area is 253 Å². The van der Waals surface area contributed by atoms with Crippen LogP contribution in [0.2, 0.25) is 10.0 Å². The van der Waals surface area contributed by atoms with Crippen LogP contribution < -0.4 is 9.62 Å². The maximum Gasteiger partial charge on any atom is 0.264 e. The summed E-state index contributed by atoms with van der Waals surface area (Å²) in [4.78, 5) is 28.9. The van der Waals surface area contributed by atoms with Gasteiger partial charge in [-0.3, -0.25) is 13.9 Å². The van der Waals surface area contributed by atoms with E-state index < -0.39 is 28.5 Å². The second-order valence-electron chi connectivity index (χ2n) is 10.2. The van der Waals surface area contributed by atoms with Gasteiger partial charge in [-0.05, 0) is 75.1 Å². The molecule has 0 spiro atoms. The first kappa shape index (κ1) is 32.4. The standard InChI is InChI=1S/C31H37Cl2N3O4S/c1-6-24-10-8-9-11-29(24)36(41(39,40)25-15-12-22(5)13-16-25)20-30(37)35(28(7-2)31(38)34-21(3)4)19-23-14-17-26(32)27(33)18-23/h8-18,21,28H,6-7,19-20H2,1-5H3,(H,34,38)/t28-/m1/s1. The number of carbonyl (C=O) groups is 2. The van der Waals surface area contributed by atoms with Crippen molar-refractivity contribution in [3.05, 3.63) is 93.5 Å². The molecule has 3 rings (SSSR count). The highest BCUT2D eigenvalue weighted by Crippen LogP contribution is 2.29. The molecule has 3 aromatic rings. The van der Waals surface area contributed by atoms with E-state index in [1.807, 2.05) is 46.8 Å². The summed E-state index contributed by atoms with van der Waals surface area (Å²) in [6, 6.07) is 17.6. The van der Waals surface area contributed by atoms with Gasteiger partial charge in [0, 0.05) is 12.6 Å². The molecule has 0 aliphatic heterocycles. The molecule has 0 unspecified atom stereocenters. The van der Waals surface area contributed by atoms with Crippen molar-refractivity contribution in [2.75, 3.05) is 10.8 Å². The van der Waals surface area contributed by atoms with Gasteiger partial charge in [-0.15, -0.1) is 0 Å². The highest BCUT2D eigenvalue weighted by Gasteiger charge is 2.34.